The molecule has 2 rings (SSSR count). The third-order valence-corrected chi connectivity index (χ3v) is 2.81. The molecule has 0 aliphatic heterocycles. The fourth-order valence-electron chi connectivity index (χ4n) is 1.61. The minimum atomic E-state index is -0.725. The lowest BCUT2D eigenvalue weighted by Crippen LogP contribution is -2.30. The van der Waals surface area contributed by atoms with Crippen LogP contribution in [0.5, 0.6) is 5.75 Å². The summed E-state index contributed by atoms with van der Waals surface area (Å²) < 4.78 is 18.5. The number of rotatable bonds is 4. The van der Waals surface area contributed by atoms with Crippen molar-refractivity contribution in [3.05, 3.63) is 59.4 Å². The summed E-state index contributed by atoms with van der Waals surface area (Å²) in [6, 6.07) is 12.4. The second-order valence-electron chi connectivity index (χ2n) is 4.22. The average molecular weight is 294 g/mol. The van der Waals surface area contributed by atoms with Crippen LogP contribution in [0.2, 0.25) is 5.02 Å². The van der Waals surface area contributed by atoms with E-state index in [0.717, 1.165) is 0 Å². The number of anilines is 1. The van der Waals surface area contributed by atoms with Gasteiger partial charge in [-0.05, 0) is 43.3 Å². The smallest absolute Gasteiger partial charge is 0.265 e. The zero-order valence-corrected chi connectivity index (χ0v) is 11.5. The van der Waals surface area contributed by atoms with Gasteiger partial charge >= 0.3 is 0 Å². The number of hydrogen-bond acceptors (Lipinski definition) is 2. The van der Waals surface area contributed by atoms with Crippen molar-refractivity contribution in [2.75, 3.05) is 5.32 Å². The van der Waals surface area contributed by atoms with Gasteiger partial charge in [0.25, 0.3) is 5.91 Å². The molecule has 0 spiro atoms. The van der Waals surface area contributed by atoms with Gasteiger partial charge in [0.1, 0.15) is 11.6 Å². The van der Waals surface area contributed by atoms with E-state index in [0.29, 0.717) is 16.5 Å². The first kappa shape index (κ1) is 14.3. The molecule has 0 radical (unpaired) electrons. The Hall–Kier alpha value is -2.07. The van der Waals surface area contributed by atoms with E-state index in [-0.39, 0.29) is 5.91 Å². The molecule has 1 atom stereocenters. The normalized spacial score (nSPS) is 11.8. The summed E-state index contributed by atoms with van der Waals surface area (Å²) in [6.07, 6.45) is -0.725. The molecular formula is C15H13ClFNO2. The Labute approximate surface area is 121 Å². The van der Waals surface area contributed by atoms with E-state index in [1.165, 1.54) is 18.2 Å². The van der Waals surface area contributed by atoms with Gasteiger partial charge in [-0.2, -0.15) is 0 Å². The summed E-state index contributed by atoms with van der Waals surface area (Å²) >= 11 is 5.83. The third-order valence-electron chi connectivity index (χ3n) is 2.57. The van der Waals surface area contributed by atoms with E-state index >= 15 is 0 Å². The van der Waals surface area contributed by atoms with Crippen molar-refractivity contribution in [1.29, 1.82) is 0 Å². The molecule has 0 aromatic heterocycles. The SMILES string of the molecule is C[C@H](Oc1cccc(Cl)c1)C(=O)Nc1cccc(F)c1. The second kappa shape index (κ2) is 6.39. The molecule has 0 unspecified atom stereocenters. The Balaban J connectivity index is 1.98. The molecule has 2 aromatic carbocycles. The zero-order valence-electron chi connectivity index (χ0n) is 10.8. The quantitative estimate of drug-likeness (QED) is 0.929. The van der Waals surface area contributed by atoms with Crippen molar-refractivity contribution in [2.45, 2.75) is 13.0 Å². The van der Waals surface area contributed by atoms with Gasteiger partial charge < -0.3 is 10.1 Å². The van der Waals surface area contributed by atoms with E-state index in [1.54, 1.807) is 37.3 Å². The Bertz CT molecular complexity index is 618. The fourth-order valence-corrected chi connectivity index (χ4v) is 1.79. The van der Waals surface area contributed by atoms with Crippen molar-refractivity contribution in [3.8, 4) is 5.75 Å². The predicted octanol–water partition coefficient (Wildman–Crippen LogP) is 3.89. The van der Waals surface area contributed by atoms with E-state index in [9.17, 15) is 9.18 Å². The molecule has 3 nitrogen and oxygen atoms in total. The van der Waals surface area contributed by atoms with Crippen LogP contribution in [0, 0.1) is 5.82 Å². The van der Waals surface area contributed by atoms with Crippen molar-refractivity contribution in [2.24, 2.45) is 0 Å². The summed E-state index contributed by atoms with van der Waals surface area (Å²) in [5, 5.41) is 3.11. The van der Waals surface area contributed by atoms with Gasteiger partial charge in [0.15, 0.2) is 6.10 Å². The number of nitrogens with one attached hydrogen (secondary N) is 1. The molecule has 0 bridgehead atoms. The van der Waals surface area contributed by atoms with E-state index in [4.69, 9.17) is 16.3 Å². The Morgan fingerprint density at radius 2 is 2.00 bits per heavy atom. The van der Waals surface area contributed by atoms with Crippen LogP contribution < -0.4 is 10.1 Å². The third kappa shape index (κ3) is 3.96. The molecule has 0 aliphatic rings. The van der Waals surface area contributed by atoms with Gasteiger partial charge in [-0.25, -0.2) is 4.39 Å². The van der Waals surface area contributed by atoms with E-state index < -0.39 is 11.9 Å². The van der Waals surface area contributed by atoms with Crippen LogP contribution in [0.3, 0.4) is 0 Å². The molecule has 0 aliphatic carbocycles. The van der Waals surface area contributed by atoms with Gasteiger partial charge in [-0.1, -0.05) is 23.7 Å². The fraction of sp³-hybridized carbons (Fsp3) is 0.133. The molecule has 104 valence electrons. The highest BCUT2D eigenvalue weighted by atomic mass is 35.5. The minimum absolute atomic E-state index is 0.365. The van der Waals surface area contributed by atoms with Crippen LogP contribution in [0.4, 0.5) is 10.1 Å². The highest BCUT2D eigenvalue weighted by Crippen LogP contribution is 2.19. The lowest BCUT2D eigenvalue weighted by atomic mass is 10.3. The number of ether oxygens (including phenoxy) is 1. The molecule has 1 amide bonds. The van der Waals surface area contributed by atoms with Gasteiger partial charge in [0, 0.05) is 10.7 Å². The molecule has 0 fully saturated rings. The van der Waals surface area contributed by atoms with Crippen LogP contribution in [-0.4, -0.2) is 12.0 Å². The molecule has 20 heavy (non-hydrogen) atoms. The largest absolute Gasteiger partial charge is 0.481 e. The first-order valence-corrected chi connectivity index (χ1v) is 6.41. The highest BCUT2D eigenvalue weighted by molar-refractivity contribution is 6.30. The maximum absolute atomic E-state index is 13.0. The number of benzene rings is 2. The van der Waals surface area contributed by atoms with Gasteiger partial charge in [-0.3, -0.25) is 4.79 Å². The monoisotopic (exact) mass is 293 g/mol. The van der Waals surface area contributed by atoms with Crippen molar-refractivity contribution < 1.29 is 13.9 Å². The molecule has 0 saturated carbocycles. The van der Waals surface area contributed by atoms with Gasteiger partial charge in [0.2, 0.25) is 0 Å². The van der Waals surface area contributed by atoms with Gasteiger partial charge in [-0.15, -0.1) is 0 Å². The van der Waals surface area contributed by atoms with Crippen LogP contribution >= 0.6 is 11.6 Å². The maximum atomic E-state index is 13.0. The number of carbonyl (C=O) groups is 1. The number of amides is 1. The molecule has 5 heteroatoms. The number of hydrogen-bond donors (Lipinski definition) is 1. The summed E-state index contributed by atoms with van der Waals surface area (Å²) in [5.41, 5.74) is 0.386. The lowest BCUT2D eigenvalue weighted by molar-refractivity contribution is -0.122. The summed E-state index contributed by atoms with van der Waals surface area (Å²) in [6.45, 7) is 1.61. The van der Waals surface area contributed by atoms with Crippen molar-refractivity contribution in [1.82, 2.24) is 0 Å². The van der Waals surface area contributed by atoms with Crippen molar-refractivity contribution in [3.63, 3.8) is 0 Å². The Kier molecular flexibility index (Phi) is 4.58. The van der Waals surface area contributed by atoms with Gasteiger partial charge in [0.05, 0.1) is 0 Å². The summed E-state index contributed by atoms with van der Waals surface area (Å²) in [5.74, 6) is -0.277. The standard InChI is InChI=1S/C15H13ClFNO2/c1-10(20-14-7-2-4-11(16)8-14)15(19)18-13-6-3-5-12(17)9-13/h2-10H,1H3,(H,18,19)/t10-/m0/s1. The van der Waals surface area contributed by atoms with E-state index in [1.807, 2.05) is 0 Å². The molecule has 0 heterocycles. The molecule has 0 saturated heterocycles. The maximum Gasteiger partial charge on any atom is 0.265 e. The van der Waals surface area contributed by atoms with E-state index in [2.05, 4.69) is 5.32 Å². The summed E-state index contributed by atoms with van der Waals surface area (Å²) in [7, 11) is 0. The predicted molar refractivity (Wildman–Crippen MR) is 76.6 cm³/mol. The number of carbonyl (C=O) groups excluding carboxylic acids is 1. The summed E-state index contributed by atoms with van der Waals surface area (Å²) in [4.78, 5) is 11.9. The van der Waals surface area contributed by atoms with Crippen LogP contribution in [0.25, 0.3) is 0 Å². The second-order valence-corrected chi connectivity index (χ2v) is 4.65. The first-order valence-electron chi connectivity index (χ1n) is 6.03. The van der Waals surface area contributed by atoms with Crippen LogP contribution in [0.15, 0.2) is 48.5 Å². The Morgan fingerprint density at radius 1 is 1.25 bits per heavy atom. The molecule has 2 aromatic rings. The average Bonchev–Trinajstić information content (AvgIpc) is 2.38. The lowest BCUT2D eigenvalue weighted by Gasteiger charge is -2.14. The van der Waals surface area contributed by atoms with Crippen LogP contribution in [-0.2, 0) is 4.79 Å². The van der Waals surface area contributed by atoms with Crippen LogP contribution in [0.1, 0.15) is 6.92 Å². The topological polar surface area (TPSA) is 38.3 Å². The minimum Gasteiger partial charge on any atom is -0.481 e. The number of halogens is 2. The Morgan fingerprint density at radius 3 is 2.70 bits per heavy atom. The first-order chi connectivity index (χ1) is 9.54. The van der Waals surface area contributed by atoms with Crippen molar-refractivity contribution >= 4 is 23.2 Å². The molecule has 1 N–H and O–H groups in total. The molecular weight excluding hydrogens is 281 g/mol. The highest BCUT2D eigenvalue weighted by Gasteiger charge is 2.15. The zero-order chi connectivity index (χ0) is 14.5.